The van der Waals surface area contributed by atoms with Crippen LogP contribution in [0.5, 0.6) is 0 Å². The van der Waals surface area contributed by atoms with E-state index in [2.05, 4.69) is 87.2 Å². The highest BCUT2D eigenvalue weighted by atomic mass is 32.1. The van der Waals surface area contributed by atoms with E-state index >= 15 is 0 Å². The summed E-state index contributed by atoms with van der Waals surface area (Å²) < 4.78 is 0. The number of nitrogens with zero attached hydrogens (tertiary/aromatic N) is 2. The normalized spacial score (nSPS) is 16.7. The molecule has 1 fully saturated rings. The number of aromatic nitrogens is 1. The lowest BCUT2D eigenvalue weighted by molar-refractivity contribution is 0.435. The highest BCUT2D eigenvalue weighted by Crippen LogP contribution is 2.40. The summed E-state index contributed by atoms with van der Waals surface area (Å²) in [5.41, 5.74) is 5.28. The Morgan fingerprint density at radius 2 is 1.58 bits per heavy atom. The lowest BCUT2D eigenvalue weighted by Gasteiger charge is -2.30. The summed E-state index contributed by atoms with van der Waals surface area (Å²) >= 11 is 5.60. The average Bonchev–Trinajstić information content (AvgIpc) is 3.47. The number of benzene rings is 2. The molecule has 2 aliphatic rings. The van der Waals surface area contributed by atoms with Gasteiger partial charge in [0, 0.05) is 25.0 Å². The van der Waals surface area contributed by atoms with Gasteiger partial charge in [-0.05, 0) is 53.9 Å². The fourth-order valence-electron chi connectivity index (χ4n) is 4.98. The Kier molecular flexibility index (Phi) is 5.60. The Balaban J connectivity index is 1.18. The van der Waals surface area contributed by atoms with E-state index in [0.29, 0.717) is 5.11 Å². The molecule has 4 nitrogen and oxygen atoms in total. The van der Waals surface area contributed by atoms with E-state index in [9.17, 15) is 0 Å². The van der Waals surface area contributed by atoms with E-state index < -0.39 is 0 Å². The van der Waals surface area contributed by atoms with Gasteiger partial charge in [-0.15, -0.1) is 0 Å². The van der Waals surface area contributed by atoms with Crippen LogP contribution in [-0.2, 0) is 18.5 Å². The molecule has 2 N–H and O–H groups in total. The van der Waals surface area contributed by atoms with E-state index in [1.165, 1.54) is 42.4 Å². The van der Waals surface area contributed by atoms with Crippen LogP contribution in [0.25, 0.3) is 0 Å². The molecule has 1 aromatic heterocycles. The lowest BCUT2D eigenvalue weighted by Crippen LogP contribution is -2.40. The maximum atomic E-state index is 5.60. The Labute approximate surface area is 189 Å². The Hall–Kier alpha value is -2.92. The molecule has 5 heteroatoms. The molecule has 0 radical (unpaired) electrons. The van der Waals surface area contributed by atoms with E-state index in [1.807, 2.05) is 6.20 Å². The summed E-state index contributed by atoms with van der Waals surface area (Å²) in [4.78, 5) is 6.97. The minimum absolute atomic E-state index is 0.180. The SMILES string of the molecule is S=C(NCC1(c2ccccc2)CCCC1)Nc1ccc(N2Cc3ccccc3C2)nc1. The fraction of sp³-hybridized carbons (Fsp3) is 0.308. The van der Waals surface area contributed by atoms with E-state index in [-0.39, 0.29) is 5.41 Å². The predicted molar refractivity (Wildman–Crippen MR) is 131 cm³/mol. The minimum atomic E-state index is 0.180. The fourth-order valence-corrected chi connectivity index (χ4v) is 5.17. The molecule has 1 aliphatic heterocycles. The third-order valence-corrected chi connectivity index (χ3v) is 6.95. The molecular weight excluding hydrogens is 400 g/mol. The van der Waals surface area contributed by atoms with Crippen LogP contribution < -0.4 is 15.5 Å². The monoisotopic (exact) mass is 428 g/mol. The number of rotatable bonds is 5. The molecule has 1 aliphatic carbocycles. The first kappa shape index (κ1) is 20.0. The summed E-state index contributed by atoms with van der Waals surface area (Å²) in [5, 5.41) is 7.44. The molecule has 0 amide bonds. The molecule has 5 rings (SSSR count). The van der Waals surface area contributed by atoms with Crippen LogP contribution in [-0.4, -0.2) is 16.6 Å². The Morgan fingerprint density at radius 1 is 0.903 bits per heavy atom. The first-order chi connectivity index (χ1) is 15.2. The first-order valence-corrected chi connectivity index (χ1v) is 11.5. The topological polar surface area (TPSA) is 40.2 Å². The molecule has 0 unspecified atom stereocenters. The van der Waals surface area contributed by atoms with Gasteiger partial charge in [-0.3, -0.25) is 0 Å². The zero-order chi connectivity index (χ0) is 21.1. The second-order valence-electron chi connectivity index (χ2n) is 8.69. The summed E-state index contributed by atoms with van der Waals surface area (Å²) in [6, 6.07) is 23.6. The summed E-state index contributed by atoms with van der Waals surface area (Å²) in [6.07, 6.45) is 6.85. The van der Waals surface area contributed by atoms with Crippen molar-refractivity contribution in [3.63, 3.8) is 0 Å². The largest absolute Gasteiger partial charge is 0.362 e. The summed E-state index contributed by atoms with van der Waals surface area (Å²) in [7, 11) is 0. The number of anilines is 2. The smallest absolute Gasteiger partial charge is 0.170 e. The minimum Gasteiger partial charge on any atom is -0.362 e. The van der Waals surface area contributed by atoms with Crippen molar-refractivity contribution in [3.8, 4) is 0 Å². The number of thiocarbonyl (C=S) groups is 1. The zero-order valence-electron chi connectivity index (χ0n) is 17.7. The maximum absolute atomic E-state index is 5.60. The van der Waals surface area contributed by atoms with Crippen molar-refractivity contribution in [2.45, 2.75) is 44.2 Å². The third-order valence-electron chi connectivity index (χ3n) is 6.70. The van der Waals surface area contributed by atoms with Crippen LogP contribution in [0, 0.1) is 0 Å². The summed E-state index contributed by atoms with van der Waals surface area (Å²) in [6.45, 7) is 2.69. The Morgan fingerprint density at radius 3 is 2.23 bits per heavy atom. The second-order valence-corrected chi connectivity index (χ2v) is 9.10. The molecule has 2 heterocycles. The van der Waals surface area contributed by atoms with Crippen molar-refractivity contribution >= 4 is 28.8 Å². The highest BCUT2D eigenvalue weighted by molar-refractivity contribution is 7.80. The average molecular weight is 429 g/mol. The number of nitrogens with one attached hydrogen (secondary N) is 2. The quantitative estimate of drug-likeness (QED) is 0.533. The second kappa shape index (κ2) is 8.67. The van der Waals surface area contributed by atoms with Crippen molar-refractivity contribution in [1.29, 1.82) is 0 Å². The van der Waals surface area contributed by atoms with Crippen molar-refractivity contribution in [2.24, 2.45) is 0 Å². The van der Waals surface area contributed by atoms with Crippen LogP contribution in [0.3, 0.4) is 0 Å². The lowest BCUT2D eigenvalue weighted by atomic mass is 9.79. The number of hydrogen-bond acceptors (Lipinski definition) is 3. The van der Waals surface area contributed by atoms with Gasteiger partial charge in [0.2, 0.25) is 0 Å². The number of pyridine rings is 1. The van der Waals surface area contributed by atoms with E-state index in [4.69, 9.17) is 12.2 Å². The predicted octanol–water partition coefficient (Wildman–Crippen LogP) is 5.40. The van der Waals surface area contributed by atoms with Gasteiger partial charge >= 0.3 is 0 Å². The van der Waals surface area contributed by atoms with Gasteiger partial charge in [0.05, 0.1) is 11.9 Å². The molecule has 158 valence electrons. The van der Waals surface area contributed by atoms with Gasteiger partial charge in [0.15, 0.2) is 5.11 Å². The van der Waals surface area contributed by atoms with Crippen LogP contribution in [0.4, 0.5) is 11.5 Å². The molecule has 1 saturated carbocycles. The van der Waals surface area contributed by atoms with Crippen LogP contribution in [0.15, 0.2) is 72.9 Å². The molecule has 0 saturated heterocycles. The van der Waals surface area contributed by atoms with Crippen LogP contribution in [0.1, 0.15) is 42.4 Å². The first-order valence-electron chi connectivity index (χ1n) is 11.1. The molecule has 0 bridgehead atoms. The molecule has 0 atom stereocenters. The van der Waals surface area contributed by atoms with Gasteiger partial charge in [0.25, 0.3) is 0 Å². The number of fused-ring (bicyclic) bond motifs is 1. The van der Waals surface area contributed by atoms with E-state index in [1.54, 1.807) is 0 Å². The number of hydrogen-bond donors (Lipinski definition) is 2. The molecular formula is C26H28N4S. The van der Waals surface area contributed by atoms with Crippen molar-refractivity contribution < 1.29 is 0 Å². The summed E-state index contributed by atoms with van der Waals surface area (Å²) in [5.74, 6) is 0.995. The molecule has 2 aromatic carbocycles. The van der Waals surface area contributed by atoms with Crippen LogP contribution >= 0.6 is 12.2 Å². The van der Waals surface area contributed by atoms with Gasteiger partial charge < -0.3 is 15.5 Å². The van der Waals surface area contributed by atoms with Gasteiger partial charge in [-0.2, -0.15) is 0 Å². The third kappa shape index (κ3) is 4.28. The molecule has 31 heavy (non-hydrogen) atoms. The standard InChI is InChI=1S/C26H28N4S/c31-25(28-19-26(14-6-7-15-26)22-10-2-1-3-11-22)29-23-12-13-24(27-16-23)30-17-20-8-4-5-9-21(20)18-30/h1-5,8-13,16H,6-7,14-15,17-19H2,(H2,28,29,31). The van der Waals surface area contributed by atoms with Crippen LogP contribution in [0.2, 0.25) is 0 Å². The highest BCUT2D eigenvalue weighted by Gasteiger charge is 2.35. The van der Waals surface area contributed by atoms with Gasteiger partial charge in [-0.1, -0.05) is 67.4 Å². The Bertz CT molecular complexity index is 1020. The molecule has 3 aromatic rings. The van der Waals surface area contributed by atoms with Gasteiger partial charge in [-0.25, -0.2) is 4.98 Å². The maximum Gasteiger partial charge on any atom is 0.170 e. The van der Waals surface area contributed by atoms with Crippen molar-refractivity contribution in [1.82, 2.24) is 10.3 Å². The van der Waals surface area contributed by atoms with Crippen molar-refractivity contribution in [2.75, 3.05) is 16.8 Å². The van der Waals surface area contributed by atoms with E-state index in [0.717, 1.165) is 31.1 Å². The van der Waals surface area contributed by atoms with Gasteiger partial charge in [0.1, 0.15) is 5.82 Å². The van der Waals surface area contributed by atoms with Crippen molar-refractivity contribution in [3.05, 3.63) is 89.6 Å². The molecule has 0 spiro atoms. The zero-order valence-corrected chi connectivity index (χ0v) is 18.5.